The highest BCUT2D eigenvalue weighted by atomic mass is 16.5. The van der Waals surface area contributed by atoms with Crippen molar-refractivity contribution in [1.29, 1.82) is 0 Å². The molecule has 2 saturated carbocycles. The predicted octanol–water partition coefficient (Wildman–Crippen LogP) is 2.22. The average molecular weight is 279 g/mol. The predicted molar refractivity (Wildman–Crippen MR) is 74.9 cm³/mol. The molecule has 2 bridgehead atoms. The molecule has 112 valence electrons. The molecule has 3 aliphatic rings. The Morgan fingerprint density at radius 2 is 2.05 bits per heavy atom. The number of hydrogen-bond donors (Lipinski definition) is 0. The molecule has 2 aliphatic carbocycles. The molecule has 3 rings (SSSR count). The number of nitrogens with zero attached hydrogens (tertiary/aromatic N) is 1. The number of piperidine rings is 1. The van der Waals surface area contributed by atoms with E-state index in [2.05, 4.69) is 0 Å². The summed E-state index contributed by atoms with van der Waals surface area (Å²) in [7, 11) is 0. The molecule has 1 amide bonds. The van der Waals surface area contributed by atoms with Crippen LogP contribution in [0.15, 0.2) is 0 Å². The summed E-state index contributed by atoms with van der Waals surface area (Å²) < 4.78 is 5.11. The van der Waals surface area contributed by atoms with Crippen LogP contribution in [0, 0.1) is 23.7 Å². The first-order valence-corrected chi connectivity index (χ1v) is 8.14. The maximum atomic E-state index is 12.7. The van der Waals surface area contributed by atoms with Gasteiger partial charge in [-0.15, -0.1) is 0 Å². The number of fused-ring (bicyclic) bond motifs is 2. The van der Waals surface area contributed by atoms with Gasteiger partial charge < -0.3 is 9.64 Å². The monoisotopic (exact) mass is 279 g/mol. The summed E-state index contributed by atoms with van der Waals surface area (Å²) in [6.45, 7) is 3.66. The zero-order valence-corrected chi connectivity index (χ0v) is 12.3. The number of rotatable bonds is 3. The molecular formula is C16H25NO3. The van der Waals surface area contributed by atoms with E-state index in [-0.39, 0.29) is 17.8 Å². The van der Waals surface area contributed by atoms with Gasteiger partial charge in [0.15, 0.2) is 0 Å². The number of hydrogen-bond acceptors (Lipinski definition) is 3. The normalized spacial score (nSPS) is 36.1. The van der Waals surface area contributed by atoms with E-state index in [1.165, 1.54) is 19.3 Å². The van der Waals surface area contributed by atoms with E-state index in [0.29, 0.717) is 25.0 Å². The van der Waals surface area contributed by atoms with E-state index in [0.717, 1.165) is 31.7 Å². The third-order valence-corrected chi connectivity index (χ3v) is 5.41. The molecule has 0 radical (unpaired) electrons. The van der Waals surface area contributed by atoms with Crippen molar-refractivity contribution in [1.82, 2.24) is 4.90 Å². The standard InChI is InChI=1S/C16H25NO3/c1-2-20-16(19)13-4-3-7-17(10-13)15(18)14-9-11-5-6-12(14)8-11/h11-14H,2-10H2,1H3/t11-,12-,13-,14-/m0/s1. The lowest BCUT2D eigenvalue weighted by atomic mass is 9.86. The molecule has 0 aromatic rings. The Morgan fingerprint density at radius 3 is 2.70 bits per heavy atom. The third kappa shape index (κ3) is 2.57. The third-order valence-electron chi connectivity index (χ3n) is 5.41. The minimum absolute atomic E-state index is 0.105. The summed E-state index contributed by atoms with van der Waals surface area (Å²) >= 11 is 0. The topological polar surface area (TPSA) is 46.6 Å². The summed E-state index contributed by atoms with van der Waals surface area (Å²) in [5.41, 5.74) is 0. The van der Waals surface area contributed by atoms with Gasteiger partial charge in [0.05, 0.1) is 12.5 Å². The maximum Gasteiger partial charge on any atom is 0.310 e. The van der Waals surface area contributed by atoms with Crippen molar-refractivity contribution in [3.63, 3.8) is 0 Å². The first-order valence-electron chi connectivity index (χ1n) is 8.14. The first kappa shape index (κ1) is 13.9. The summed E-state index contributed by atoms with van der Waals surface area (Å²) in [6, 6.07) is 0. The van der Waals surface area contributed by atoms with E-state index in [1.807, 2.05) is 11.8 Å². The van der Waals surface area contributed by atoms with Gasteiger partial charge in [-0.05, 0) is 50.9 Å². The van der Waals surface area contributed by atoms with Crippen LogP contribution in [0.3, 0.4) is 0 Å². The summed E-state index contributed by atoms with van der Waals surface area (Å²) in [5, 5.41) is 0. The van der Waals surface area contributed by atoms with Crippen LogP contribution in [0.2, 0.25) is 0 Å². The fourth-order valence-corrected chi connectivity index (χ4v) is 4.41. The second-order valence-electron chi connectivity index (χ2n) is 6.66. The van der Waals surface area contributed by atoms with E-state index in [4.69, 9.17) is 4.74 Å². The molecule has 4 nitrogen and oxygen atoms in total. The highest BCUT2D eigenvalue weighted by molar-refractivity contribution is 5.81. The molecule has 0 aromatic heterocycles. The van der Waals surface area contributed by atoms with Gasteiger partial charge in [-0.1, -0.05) is 6.42 Å². The molecular weight excluding hydrogens is 254 g/mol. The van der Waals surface area contributed by atoms with Crippen molar-refractivity contribution in [2.75, 3.05) is 19.7 Å². The van der Waals surface area contributed by atoms with Crippen molar-refractivity contribution in [2.24, 2.45) is 23.7 Å². The van der Waals surface area contributed by atoms with Gasteiger partial charge in [-0.25, -0.2) is 0 Å². The number of amides is 1. The molecule has 0 spiro atoms. The van der Waals surface area contributed by atoms with Crippen molar-refractivity contribution >= 4 is 11.9 Å². The van der Waals surface area contributed by atoms with Gasteiger partial charge in [0, 0.05) is 19.0 Å². The number of carbonyl (C=O) groups is 2. The van der Waals surface area contributed by atoms with Gasteiger partial charge in [-0.3, -0.25) is 9.59 Å². The highest BCUT2D eigenvalue weighted by Crippen LogP contribution is 2.49. The number of ether oxygens (including phenoxy) is 1. The summed E-state index contributed by atoms with van der Waals surface area (Å²) in [6.07, 6.45) is 6.68. The number of carbonyl (C=O) groups excluding carboxylic acids is 2. The van der Waals surface area contributed by atoms with Crippen LogP contribution in [0.1, 0.15) is 45.4 Å². The van der Waals surface area contributed by atoms with Crippen LogP contribution in [0.5, 0.6) is 0 Å². The second-order valence-corrected chi connectivity index (χ2v) is 6.66. The van der Waals surface area contributed by atoms with Gasteiger partial charge in [-0.2, -0.15) is 0 Å². The van der Waals surface area contributed by atoms with Crippen LogP contribution < -0.4 is 0 Å². The molecule has 1 saturated heterocycles. The Bertz CT molecular complexity index is 395. The number of esters is 1. The highest BCUT2D eigenvalue weighted by Gasteiger charge is 2.45. The molecule has 20 heavy (non-hydrogen) atoms. The van der Waals surface area contributed by atoms with Crippen molar-refractivity contribution in [3.8, 4) is 0 Å². The lowest BCUT2D eigenvalue weighted by molar-refractivity contribution is -0.152. The smallest absolute Gasteiger partial charge is 0.310 e. The Balaban J connectivity index is 1.59. The Kier molecular flexibility index (Phi) is 3.99. The molecule has 4 heteroatoms. The van der Waals surface area contributed by atoms with Gasteiger partial charge in [0.1, 0.15) is 0 Å². The molecule has 1 aliphatic heterocycles. The van der Waals surface area contributed by atoms with Crippen LogP contribution >= 0.6 is 0 Å². The molecule has 4 atom stereocenters. The zero-order valence-electron chi connectivity index (χ0n) is 12.3. The van der Waals surface area contributed by atoms with Gasteiger partial charge >= 0.3 is 5.97 Å². The summed E-state index contributed by atoms with van der Waals surface area (Å²) in [5.74, 6) is 1.74. The van der Waals surface area contributed by atoms with E-state index >= 15 is 0 Å². The molecule has 0 aromatic carbocycles. The molecule has 0 unspecified atom stereocenters. The van der Waals surface area contributed by atoms with Crippen LogP contribution in [0.25, 0.3) is 0 Å². The Morgan fingerprint density at radius 1 is 1.20 bits per heavy atom. The largest absolute Gasteiger partial charge is 0.466 e. The van der Waals surface area contributed by atoms with Crippen molar-refractivity contribution < 1.29 is 14.3 Å². The van der Waals surface area contributed by atoms with Gasteiger partial charge in [0.25, 0.3) is 0 Å². The molecule has 1 heterocycles. The second kappa shape index (κ2) is 5.74. The zero-order chi connectivity index (χ0) is 14.1. The summed E-state index contributed by atoms with van der Waals surface area (Å²) in [4.78, 5) is 26.5. The Hall–Kier alpha value is -1.06. The molecule has 0 N–H and O–H groups in total. The van der Waals surface area contributed by atoms with E-state index < -0.39 is 0 Å². The minimum Gasteiger partial charge on any atom is -0.466 e. The fraction of sp³-hybridized carbons (Fsp3) is 0.875. The van der Waals surface area contributed by atoms with Crippen molar-refractivity contribution in [3.05, 3.63) is 0 Å². The SMILES string of the molecule is CCOC(=O)[C@H]1CCCN(C(=O)[C@H]2C[C@H]3CC[C@H]2C3)C1. The van der Waals surface area contributed by atoms with E-state index in [9.17, 15) is 9.59 Å². The molecule has 3 fully saturated rings. The lowest BCUT2D eigenvalue weighted by Crippen LogP contribution is -2.46. The van der Waals surface area contributed by atoms with Gasteiger partial charge in [0.2, 0.25) is 5.91 Å². The van der Waals surface area contributed by atoms with Crippen LogP contribution in [0.4, 0.5) is 0 Å². The van der Waals surface area contributed by atoms with Crippen LogP contribution in [-0.2, 0) is 14.3 Å². The maximum absolute atomic E-state index is 12.7. The lowest BCUT2D eigenvalue weighted by Gasteiger charge is -2.35. The van der Waals surface area contributed by atoms with E-state index in [1.54, 1.807) is 0 Å². The fourth-order valence-electron chi connectivity index (χ4n) is 4.41. The first-order chi connectivity index (χ1) is 9.69. The van der Waals surface area contributed by atoms with Crippen LogP contribution in [-0.4, -0.2) is 36.5 Å². The quantitative estimate of drug-likeness (QED) is 0.744. The number of likely N-dealkylation sites (tertiary alicyclic amines) is 1. The minimum atomic E-state index is -0.127. The Labute approximate surface area is 120 Å². The van der Waals surface area contributed by atoms with Crippen molar-refractivity contribution in [2.45, 2.75) is 45.4 Å². The average Bonchev–Trinajstić information content (AvgIpc) is 3.09.